The molecule has 1 aromatic heterocycles. The Morgan fingerprint density at radius 1 is 0.967 bits per heavy atom. The van der Waals surface area contributed by atoms with Gasteiger partial charge in [-0.2, -0.15) is 0 Å². The molecule has 0 spiro atoms. The Bertz CT molecular complexity index is 1200. The fourth-order valence-electron chi connectivity index (χ4n) is 3.82. The first-order valence-electron chi connectivity index (χ1n) is 10.0. The van der Waals surface area contributed by atoms with Gasteiger partial charge in [-0.05, 0) is 60.5 Å². The zero-order valence-corrected chi connectivity index (χ0v) is 16.3. The maximum Gasteiger partial charge on any atom is 0.165 e. The van der Waals surface area contributed by atoms with Crippen molar-refractivity contribution in [3.63, 3.8) is 0 Å². The zero-order valence-electron chi connectivity index (χ0n) is 16.3. The number of benzene rings is 3. The standard InChI is InChI=1S/C24H21FN4O/c25-17-8-5-15(6-9-17)16-7-10-22(30)20(13-16)24-28-21-4-2-1-3-19(21)23(29-24)27-18-11-12-26-14-18/h1-10,13,18,26,30H,11-12,14H2,(H,27,28,29)/t18-/m0/s1. The van der Waals surface area contributed by atoms with E-state index in [1.54, 1.807) is 24.3 Å². The number of para-hydroxylation sites is 1. The lowest BCUT2D eigenvalue weighted by molar-refractivity contribution is 0.477. The van der Waals surface area contributed by atoms with Crippen LogP contribution in [0.3, 0.4) is 0 Å². The summed E-state index contributed by atoms with van der Waals surface area (Å²) in [7, 11) is 0. The number of phenolic OH excluding ortho intramolecular Hbond substituents is 1. The predicted octanol–water partition coefficient (Wildman–Crippen LogP) is 4.58. The summed E-state index contributed by atoms with van der Waals surface area (Å²) in [6, 6.07) is 19.7. The Morgan fingerprint density at radius 3 is 2.57 bits per heavy atom. The number of nitrogens with zero attached hydrogens (tertiary/aromatic N) is 2. The number of anilines is 1. The molecule has 1 aliphatic heterocycles. The number of phenols is 1. The van der Waals surface area contributed by atoms with E-state index < -0.39 is 0 Å². The topological polar surface area (TPSA) is 70.1 Å². The molecule has 0 bridgehead atoms. The van der Waals surface area contributed by atoms with Crippen LogP contribution in [0.4, 0.5) is 10.2 Å². The highest BCUT2D eigenvalue weighted by atomic mass is 19.1. The fourth-order valence-corrected chi connectivity index (χ4v) is 3.82. The third kappa shape index (κ3) is 3.57. The van der Waals surface area contributed by atoms with Gasteiger partial charge in [0.2, 0.25) is 0 Å². The second-order valence-electron chi connectivity index (χ2n) is 7.49. The van der Waals surface area contributed by atoms with Crippen molar-refractivity contribution in [2.75, 3.05) is 18.4 Å². The quantitative estimate of drug-likeness (QED) is 0.468. The molecule has 4 aromatic rings. The SMILES string of the molecule is Oc1ccc(-c2ccc(F)cc2)cc1-c1nc(N[C@H]2CCNC2)c2ccccc2n1. The summed E-state index contributed by atoms with van der Waals surface area (Å²) in [4.78, 5) is 9.48. The van der Waals surface area contributed by atoms with Gasteiger partial charge in [-0.15, -0.1) is 0 Å². The predicted molar refractivity (Wildman–Crippen MR) is 117 cm³/mol. The van der Waals surface area contributed by atoms with Crippen LogP contribution in [0.5, 0.6) is 5.75 Å². The van der Waals surface area contributed by atoms with Crippen LogP contribution < -0.4 is 10.6 Å². The monoisotopic (exact) mass is 400 g/mol. The molecule has 30 heavy (non-hydrogen) atoms. The molecular weight excluding hydrogens is 379 g/mol. The number of aromatic hydroxyl groups is 1. The van der Waals surface area contributed by atoms with Crippen LogP contribution in [-0.4, -0.2) is 34.2 Å². The van der Waals surface area contributed by atoms with E-state index in [1.807, 2.05) is 30.3 Å². The lowest BCUT2D eigenvalue weighted by Gasteiger charge is -2.16. The van der Waals surface area contributed by atoms with Crippen molar-refractivity contribution < 1.29 is 9.50 Å². The van der Waals surface area contributed by atoms with Gasteiger partial charge in [0.25, 0.3) is 0 Å². The van der Waals surface area contributed by atoms with Gasteiger partial charge in [-0.3, -0.25) is 0 Å². The molecule has 5 rings (SSSR count). The van der Waals surface area contributed by atoms with Gasteiger partial charge in [-0.25, -0.2) is 14.4 Å². The minimum Gasteiger partial charge on any atom is -0.507 e. The summed E-state index contributed by atoms with van der Waals surface area (Å²) in [5.41, 5.74) is 3.06. The minimum absolute atomic E-state index is 0.102. The number of hydrogen-bond donors (Lipinski definition) is 3. The molecule has 0 radical (unpaired) electrons. The highest BCUT2D eigenvalue weighted by Gasteiger charge is 2.18. The summed E-state index contributed by atoms with van der Waals surface area (Å²) < 4.78 is 13.3. The lowest BCUT2D eigenvalue weighted by atomic mass is 10.0. The van der Waals surface area contributed by atoms with Crippen molar-refractivity contribution >= 4 is 16.7 Å². The second kappa shape index (κ2) is 7.72. The molecule has 1 aliphatic rings. The van der Waals surface area contributed by atoms with Gasteiger partial charge in [0, 0.05) is 18.0 Å². The third-order valence-corrected chi connectivity index (χ3v) is 5.42. The molecule has 0 saturated carbocycles. The Morgan fingerprint density at radius 2 is 1.77 bits per heavy atom. The average molecular weight is 400 g/mol. The first-order valence-corrected chi connectivity index (χ1v) is 10.0. The molecule has 3 N–H and O–H groups in total. The summed E-state index contributed by atoms with van der Waals surface area (Å²) in [5, 5.41) is 18.4. The largest absolute Gasteiger partial charge is 0.507 e. The van der Waals surface area contributed by atoms with Crippen molar-refractivity contribution in [1.29, 1.82) is 0 Å². The average Bonchev–Trinajstić information content (AvgIpc) is 3.28. The normalized spacial score (nSPS) is 16.1. The van der Waals surface area contributed by atoms with E-state index in [2.05, 4.69) is 10.6 Å². The van der Waals surface area contributed by atoms with Crippen LogP contribution in [0.2, 0.25) is 0 Å². The number of hydrogen-bond acceptors (Lipinski definition) is 5. The number of nitrogens with one attached hydrogen (secondary N) is 2. The molecule has 1 saturated heterocycles. The summed E-state index contributed by atoms with van der Waals surface area (Å²) in [5.74, 6) is 1.02. The van der Waals surface area contributed by atoms with Crippen LogP contribution in [-0.2, 0) is 0 Å². The van der Waals surface area contributed by atoms with Crippen LogP contribution in [0.15, 0.2) is 66.7 Å². The highest BCUT2D eigenvalue weighted by Crippen LogP contribution is 2.34. The van der Waals surface area contributed by atoms with Gasteiger partial charge in [-0.1, -0.05) is 30.3 Å². The van der Waals surface area contributed by atoms with Crippen molar-refractivity contribution in [1.82, 2.24) is 15.3 Å². The number of rotatable bonds is 4. The molecule has 0 amide bonds. The maximum atomic E-state index is 13.3. The van der Waals surface area contributed by atoms with Gasteiger partial charge in [0.05, 0.1) is 11.1 Å². The molecule has 2 heterocycles. The number of halogens is 1. The summed E-state index contributed by atoms with van der Waals surface area (Å²) in [6.45, 7) is 1.87. The minimum atomic E-state index is -0.285. The van der Waals surface area contributed by atoms with Crippen LogP contribution >= 0.6 is 0 Å². The number of aromatic nitrogens is 2. The van der Waals surface area contributed by atoms with Crippen LogP contribution in [0, 0.1) is 5.82 Å². The van der Waals surface area contributed by atoms with Crippen molar-refractivity contribution in [3.8, 4) is 28.3 Å². The zero-order chi connectivity index (χ0) is 20.5. The molecule has 0 aliphatic carbocycles. The third-order valence-electron chi connectivity index (χ3n) is 5.42. The maximum absolute atomic E-state index is 13.3. The van der Waals surface area contributed by atoms with E-state index in [-0.39, 0.29) is 11.6 Å². The molecule has 1 fully saturated rings. The van der Waals surface area contributed by atoms with Crippen molar-refractivity contribution in [2.24, 2.45) is 0 Å². The van der Waals surface area contributed by atoms with Gasteiger partial charge in [0.15, 0.2) is 5.82 Å². The molecule has 1 atom stereocenters. The Balaban J connectivity index is 1.61. The molecule has 3 aromatic carbocycles. The van der Waals surface area contributed by atoms with Gasteiger partial charge in [0.1, 0.15) is 17.4 Å². The molecular formula is C24H21FN4O. The summed E-state index contributed by atoms with van der Waals surface area (Å²) in [6.07, 6.45) is 1.03. The van der Waals surface area contributed by atoms with Crippen LogP contribution in [0.25, 0.3) is 33.4 Å². The summed E-state index contributed by atoms with van der Waals surface area (Å²) >= 11 is 0. The second-order valence-corrected chi connectivity index (χ2v) is 7.49. The molecule has 6 heteroatoms. The smallest absolute Gasteiger partial charge is 0.165 e. The molecule has 0 unspecified atom stereocenters. The first kappa shape index (κ1) is 18.5. The van der Waals surface area contributed by atoms with E-state index in [9.17, 15) is 9.50 Å². The van der Waals surface area contributed by atoms with E-state index in [0.29, 0.717) is 17.4 Å². The highest BCUT2D eigenvalue weighted by molar-refractivity contribution is 5.91. The van der Waals surface area contributed by atoms with E-state index in [1.165, 1.54) is 12.1 Å². The van der Waals surface area contributed by atoms with Crippen LogP contribution in [0.1, 0.15) is 6.42 Å². The Labute approximate surface area is 173 Å². The fraction of sp³-hybridized carbons (Fsp3) is 0.167. The van der Waals surface area contributed by atoms with E-state index in [0.717, 1.165) is 47.4 Å². The van der Waals surface area contributed by atoms with E-state index >= 15 is 0 Å². The number of fused-ring (bicyclic) bond motifs is 1. The lowest BCUT2D eigenvalue weighted by Crippen LogP contribution is -2.23. The van der Waals surface area contributed by atoms with Crippen molar-refractivity contribution in [3.05, 3.63) is 72.5 Å². The first-order chi connectivity index (χ1) is 14.7. The Hall–Kier alpha value is -3.51. The molecule has 5 nitrogen and oxygen atoms in total. The molecule has 150 valence electrons. The van der Waals surface area contributed by atoms with Gasteiger partial charge < -0.3 is 15.7 Å². The van der Waals surface area contributed by atoms with Gasteiger partial charge >= 0.3 is 0 Å². The Kier molecular flexibility index (Phi) is 4.77. The van der Waals surface area contributed by atoms with E-state index in [4.69, 9.17) is 9.97 Å². The van der Waals surface area contributed by atoms with Crippen molar-refractivity contribution in [2.45, 2.75) is 12.5 Å².